The van der Waals surface area contributed by atoms with Crippen molar-refractivity contribution in [1.29, 1.82) is 0 Å². The molecule has 0 atom stereocenters. The van der Waals surface area contributed by atoms with Crippen molar-refractivity contribution in [2.45, 2.75) is 0 Å². The Bertz CT molecular complexity index is 239. The molecule has 0 saturated heterocycles. The quantitative estimate of drug-likeness (QED) is 0.343. The molecule has 0 saturated carbocycles. The minimum absolute atomic E-state index is 0.472. The first-order chi connectivity index (χ1) is 6.08. The molecule has 0 fully saturated rings. The Morgan fingerprint density at radius 3 is 1.15 bits per heavy atom. The van der Waals surface area contributed by atoms with Crippen LogP contribution in [-0.2, 0) is 14.4 Å². The molecule has 0 unspecified atom stereocenters. The molecule has 0 amide bonds. The summed E-state index contributed by atoms with van der Waals surface area (Å²) in [6.07, 6.45) is 2.70. The standard InChI is InChI=1S/C10H9O3/c1-4-7(11)10(8(12)5-2)9(13)6-3/h4-6H,1-3H2/q+1. The van der Waals surface area contributed by atoms with E-state index in [1.807, 2.05) is 0 Å². The van der Waals surface area contributed by atoms with Crippen LogP contribution >= 0.6 is 0 Å². The second-order valence-electron chi connectivity index (χ2n) is 2.08. The highest BCUT2D eigenvalue weighted by Gasteiger charge is 2.35. The third-order valence-electron chi connectivity index (χ3n) is 1.30. The minimum Gasteiger partial charge on any atom is -0.265 e. The van der Waals surface area contributed by atoms with E-state index in [0.29, 0.717) is 0 Å². The first kappa shape index (κ1) is 11.1. The zero-order chi connectivity index (χ0) is 10.4. The van der Waals surface area contributed by atoms with Gasteiger partial charge in [-0.25, -0.2) is 0 Å². The summed E-state index contributed by atoms with van der Waals surface area (Å²) in [6, 6.07) is 0. The van der Waals surface area contributed by atoms with E-state index in [1.165, 1.54) is 0 Å². The van der Waals surface area contributed by atoms with E-state index in [4.69, 9.17) is 0 Å². The van der Waals surface area contributed by atoms with Crippen LogP contribution in [0.5, 0.6) is 0 Å². The number of carbonyl (C=O) groups excluding carboxylic acids is 3. The molecule has 0 spiro atoms. The third kappa shape index (κ3) is 2.56. The molecule has 0 aliphatic carbocycles. The van der Waals surface area contributed by atoms with Crippen molar-refractivity contribution >= 4 is 17.3 Å². The first-order valence-electron chi connectivity index (χ1n) is 3.45. The molecule has 0 N–H and O–H groups in total. The summed E-state index contributed by atoms with van der Waals surface area (Å²) >= 11 is 0. The van der Waals surface area contributed by atoms with Gasteiger partial charge in [0.1, 0.15) is 0 Å². The summed E-state index contributed by atoms with van der Waals surface area (Å²) in [7, 11) is 0. The highest BCUT2D eigenvalue weighted by atomic mass is 16.2. The largest absolute Gasteiger partial charge is 0.273 e. The molecule has 3 nitrogen and oxygen atoms in total. The van der Waals surface area contributed by atoms with Gasteiger partial charge in [-0.05, 0) is 0 Å². The third-order valence-corrected chi connectivity index (χ3v) is 1.30. The van der Waals surface area contributed by atoms with Gasteiger partial charge >= 0.3 is 0 Å². The van der Waals surface area contributed by atoms with Gasteiger partial charge in [0.25, 0.3) is 17.3 Å². The van der Waals surface area contributed by atoms with Crippen LogP contribution in [0.1, 0.15) is 0 Å². The minimum atomic E-state index is -0.713. The van der Waals surface area contributed by atoms with E-state index >= 15 is 0 Å². The van der Waals surface area contributed by atoms with E-state index in [2.05, 4.69) is 19.7 Å². The van der Waals surface area contributed by atoms with E-state index in [0.717, 1.165) is 18.2 Å². The van der Waals surface area contributed by atoms with Crippen molar-refractivity contribution in [1.82, 2.24) is 0 Å². The van der Waals surface area contributed by atoms with Crippen LogP contribution in [0.3, 0.4) is 0 Å². The number of allylic oxidation sites excluding steroid dienone is 3. The Balaban J connectivity index is 4.95. The fraction of sp³-hybridized carbons (Fsp3) is 0. The van der Waals surface area contributed by atoms with Crippen molar-refractivity contribution in [3.05, 3.63) is 43.9 Å². The molecule has 0 rings (SSSR count). The molecule has 13 heavy (non-hydrogen) atoms. The monoisotopic (exact) mass is 177 g/mol. The van der Waals surface area contributed by atoms with Gasteiger partial charge in [-0.1, -0.05) is 19.7 Å². The predicted molar refractivity (Wildman–Crippen MR) is 48.9 cm³/mol. The number of ketones is 3. The van der Waals surface area contributed by atoms with Crippen LogP contribution in [0, 0.1) is 5.92 Å². The van der Waals surface area contributed by atoms with Gasteiger partial charge in [-0.15, -0.1) is 0 Å². The lowest BCUT2D eigenvalue weighted by Crippen LogP contribution is -2.25. The highest BCUT2D eigenvalue weighted by Crippen LogP contribution is 2.07. The lowest BCUT2D eigenvalue weighted by Gasteiger charge is -1.97. The summed E-state index contributed by atoms with van der Waals surface area (Å²) in [5, 5.41) is 0. The Hall–Kier alpha value is -1.90. The first-order valence-corrected chi connectivity index (χ1v) is 3.45. The summed E-state index contributed by atoms with van der Waals surface area (Å²) in [6.45, 7) is 9.51. The smallest absolute Gasteiger partial charge is 0.265 e. The lowest BCUT2D eigenvalue weighted by molar-refractivity contribution is -0.125. The van der Waals surface area contributed by atoms with Crippen molar-refractivity contribution < 1.29 is 14.4 Å². The maximum atomic E-state index is 11.0. The molecular weight excluding hydrogens is 168 g/mol. The van der Waals surface area contributed by atoms with E-state index in [-0.39, 0.29) is 0 Å². The van der Waals surface area contributed by atoms with Gasteiger partial charge < -0.3 is 0 Å². The summed E-state index contributed by atoms with van der Waals surface area (Å²) < 4.78 is 0. The Kier molecular flexibility index (Phi) is 4.16. The fourth-order valence-corrected chi connectivity index (χ4v) is 0.670. The van der Waals surface area contributed by atoms with Gasteiger partial charge in [0, 0.05) is 18.2 Å². The normalized spacial score (nSPS) is 8.31. The van der Waals surface area contributed by atoms with Crippen LogP contribution in [0.2, 0.25) is 0 Å². The SMILES string of the molecule is C=CC(=O)[C+](C(=O)C=C)C(=O)C=C. The second-order valence-corrected chi connectivity index (χ2v) is 2.08. The molecule has 66 valence electrons. The Morgan fingerprint density at radius 1 is 0.769 bits per heavy atom. The van der Waals surface area contributed by atoms with Gasteiger partial charge in [0.2, 0.25) is 5.92 Å². The van der Waals surface area contributed by atoms with E-state index < -0.39 is 23.3 Å². The average Bonchev–Trinajstić information content (AvgIpc) is 2.16. The topological polar surface area (TPSA) is 51.2 Å². The van der Waals surface area contributed by atoms with E-state index in [9.17, 15) is 14.4 Å². The summed E-state index contributed by atoms with van der Waals surface area (Å²) in [5.74, 6) is -2.61. The summed E-state index contributed by atoms with van der Waals surface area (Å²) in [5.41, 5.74) is 0. The highest BCUT2D eigenvalue weighted by molar-refractivity contribution is 6.41. The molecule has 0 aromatic rings. The fourth-order valence-electron chi connectivity index (χ4n) is 0.670. The molecule has 3 heteroatoms. The van der Waals surface area contributed by atoms with Gasteiger partial charge in [-0.3, -0.25) is 14.4 Å². The van der Waals surface area contributed by atoms with Crippen molar-refractivity contribution in [2.75, 3.05) is 0 Å². The van der Waals surface area contributed by atoms with E-state index in [1.54, 1.807) is 0 Å². The van der Waals surface area contributed by atoms with Crippen molar-refractivity contribution in [2.24, 2.45) is 0 Å². The molecule has 0 aromatic heterocycles. The predicted octanol–water partition coefficient (Wildman–Crippen LogP) is 0.826. The Morgan fingerprint density at radius 2 is 1.00 bits per heavy atom. The molecule has 0 bridgehead atoms. The molecule has 0 aliphatic heterocycles. The number of hydrogen-bond donors (Lipinski definition) is 0. The molecule has 0 radical (unpaired) electrons. The molecule has 0 aliphatic rings. The lowest BCUT2D eigenvalue weighted by atomic mass is 9.94. The Labute approximate surface area is 76.4 Å². The number of hydrogen-bond acceptors (Lipinski definition) is 3. The molecule has 0 heterocycles. The van der Waals surface area contributed by atoms with Crippen LogP contribution < -0.4 is 0 Å². The average molecular weight is 177 g/mol. The zero-order valence-corrected chi connectivity index (χ0v) is 7.08. The summed E-state index contributed by atoms with van der Waals surface area (Å²) in [4.78, 5) is 33.1. The number of rotatable bonds is 6. The molecule has 0 aromatic carbocycles. The number of carbonyl (C=O) groups is 3. The van der Waals surface area contributed by atoms with Gasteiger partial charge in [-0.2, -0.15) is 0 Å². The maximum absolute atomic E-state index is 11.0. The van der Waals surface area contributed by atoms with Crippen molar-refractivity contribution in [3.8, 4) is 0 Å². The van der Waals surface area contributed by atoms with Crippen LogP contribution in [0.25, 0.3) is 0 Å². The second kappa shape index (κ2) is 4.87. The van der Waals surface area contributed by atoms with Crippen LogP contribution in [-0.4, -0.2) is 17.3 Å². The van der Waals surface area contributed by atoms with Gasteiger partial charge in [0.05, 0.1) is 0 Å². The maximum Gasteiger partial charge on any atom is 0.273 e. The molecular formula is C10H9O3+. The van der Waals surface area contributed by atoms with Gasteiger partial charge in [0.15, 0.2) is 0 Å². The zero-order valence-electron chi connectivity index (χ0n) is 7.08. The van der Waals surface area contributed by atoms with Crippen LogP contribution in [0.4, 0.5) is 0 Å². The van der Waals surface area contributed by atoms with Crippen molar-refractivity contribution in [3.63, 3.8) is 0 Å². The van der Waals surface area contributed by atoms with Crippen LogP contribution in [0.15, 0.2) is 38.0 Å².